The summed E-state index contributed by atoms with van der Waals surface area (Å²) in [6, 6.07) is 0. The molecular weight excluding hydrogens is 304 g/mol. The molecule has 2 atom stereocenters. The van der Waals surface area contributed by atoms with Crippen LogP contribution in [0.15, 0.2) is 24.3 Å². The van der Waals surface area contributed by atoms with Gasteiger partial charge in [0.25, 0.3) is 0 Å². The number of carboxylic acid groups (broad SMARTS) is 1. The Balaban J connectivity index is 2.35. The van der Waals surface area contributed by atoms with Crippen LogP contribution in [-0.4, -0.2) is 22.6 Å². The maximum absolute atomic E-state index is 12.0. The molecule has 1 rings (SSSR count). The van der Waals surface area contributed by atoms with E-state index in [4.69, 9.17) is 5.11 Å². The van der Waals surface area contributed by atoms with Gasteiger partial charge in [0.05, 0.1) is 0 Å². The van der Waals surface area contributed by atoms with Crippen molar-refractivity contribution in [1.29, 1.82) is 0 Å². The van der Waals surface area contributed by atoms with Crippen LogP contribution in [0.3, 0.4) is 0 Å². The van der Waals surface area contributed by atoms with Crippen LogP contribution in [0, 0.1) is 11.8 Å². The fourth-order valence-electron chi connectivity index (χ4n) is 3.04. The van der Waals surface area contributed by atoms with Gasteiger partial charge in [-0.3, -0.25) is 14.4 Å². The molecule has 134 valence electrons. The summed E-state index contributed by atoms with van der Waals surface area (Å²) in [6.07, 6.45) is 15.0. The van der Waals surface area contributed by atoms with Gasteiger partial charge in [-0.2, -0.15) is 0 Å². The molecular formula is C20H30O4. The lowest BCUT2D eigenvalue weighted by Gasteiger charge is -2.12. The molecule has 0 amide bonds. The number of carboxylic acids is 1. The predicted octanol–water partition coefficient (Wildman–Crippen LogP) is 4.49. The number of unbranched alkanes of at least 4 members (excludes halogenated alkanes) is 3. The molecule has 0 spiro atoms. The Kier molecular flexibility index (Phi) is 9.97. The van der Waals surface area contributed by atoms with Crippen molar-refractivity contribution in [2.24, 2.45) is 11.8 Å². The second-order valence-corrected chi connectivity index (χ2v) is 6.55. The Morgan fingerprint density at radius 2 is 1.96 bits per heavy atom. The molecule has 0 bridgehead atoms. The maximum atomic E-state index is 12.0. The van der Waals surface area contributed by atoms with Crippen molar-refractivity contribution in [3.8, 4) is 0 Å². The van der Waals surface area contributed by atoms with Crippen molar-refractivity contribution < 1.29 is 19.5 Å². The number of Topliss-reactive ketones (excluding diaryl/α,β-unsaturated/α-hetero) is 1. The largest absolute Gasteiger partial charge is 0.481 e. The normalized spacial score (nSPS) is 21.1. The van der Waals surface area contributed by atoms with E-state index in [-0.39, 0.29) is 24.0 Å². The van der Waals surface area contributed by atoms with Gasteiger partial charge in [0.15, 0.2) is 5.78 Å². The third kappa shape index (κ3) is 8.23. The molecule has 0 aromatic carbocycles. The summed E-state index contributed by atoms with van der Waals surface area (Å²) in [4.78, 5) is 34.2. The summed E-state index contributed by atoms with van der Waals surface area (Å²) in [6.45, 7) is 2.07. The molecule has 1 saturated carbocycles. The van der Waals surface area contributed by atoms with Crippen LogP contribution in [0.1, 0.15) is 71.1 Å². The average molecular weight is 334 g/mol. The van der Waals surface area contributed by atoms with Crippen molar-refractivity contribution in [3.63, 3.8) is 0 Å². The van der Waals surface area contributed by atoms with Crippen molar-refractivity contribution >= 4 is 17.5 Å². The van der Waals surface area contributed by atoms with Gasteiger partial charge in [0, 0.05) is 25.2 Å². The zero-order valence-electron chi connectivity index (χ0n) is 14.7. The molecule has 2 unspecified atom stereocenters. The standard InChI is InChI=1S/C20H30O4/c1-2-3-9-17(21)14-12-16-13-15-19(22)18(16)10-7-5-4-6-8-11-20(23)24/h5,7,12,14,16,18H,2-4,6,8-11,13,15H2,1H3,(H,23,24)/b7-5+,14-12+. The van der Waals surface area contributed by atoms with Gasteiger partial charge >= 0.3 is 5.97 Å². The molecule has 1 aliphatic carbocycles. The number of ketones is 2. The van der Waals surface area contributed by atoms with Crippen molar-refractivity contribution in [1.82, 2.24) is 0 Å². The Bertz CT molecular complexity index is 476. The molecule has 1 N–H and O–H groups in total. The van der Waals surface area contributed by atoms with Crippen LogP contribution < -0.4 is 0 Å². The van der Waals surface area contributed by atoms with E-state index < -0.39 is 5.97 Å². The molecule has 0 radical (unpaired) electrons. The van der Waals surface area contributed by atoms with Gasteiger partial charge < -0.3 is 5.11 Å². The van der Waals surface area contributed by atoms with Crippen LogP contribution in [-0.2, 0) is 14.4 Å². The minimum atomic E-state index is -0.751. The first-order valence-corrected chi connectivity index (χ1v) is 9.15. The molecule has 0 aromatic heterocycles. The average Bonchev–Trinajstić information content (AvgIpc) is 2.90. The third-order valence-electron chi connectivity index (χ3n) is 4.53. The Labute approximate surface area is 145 Å². The number of hydrogen-bond donors (Lipinski definition) is 1. The summed E-state index contributed by atoms with van der Waals surface area (Å²) < 4.78 is 0. The summed E-state index contributed by atoms with van der Waals surface area (Å²) in [5.41, 5.74) is 0. The topological polar surface area (TPSA) is 71.4 Å². The van der Waals surface area contributed by atoms with Gasteiger partial charge in [-0.25, -0.2) is 0 Å². The Hall–Kier alpha value is -1.71. The lowest BCUT2D eigenvalue weighted by atomic mass is 9.91. The van der Waals surface area contributed by atoms with Gasteiger partial charge in [-0.1, -0.05) is 31.6 Å². The van der Waals surface area contributed by atoms with Gasteiger partial charge in [-0.15, -0.1) is 0 Å². The number of hydrogen-bond acceptors (Lipinski definition) is 3. The molecule has 0 aliphatic heterocycles. The molecule has 1 fully saturated rings. The van der Waals surface area contributed by atoms with E-state index in [1.54, 1.807) is 6.08 Å². The van der Waals surface area contributed by atoms with Crippen molar-refractivity contribution in [2.75, 3.05) is 0 Å². The highest BCUT2D eigenvalue weighted by atomic mass is 16.4. The molecule has 4 nitrogen and oxygen atoms in total. The first-order valence-electron chi connectivity index (χ1n) is 9.15. The van der Waals surface area contributed by atoms with Crippen LogP contribution in [0.5, 0.6) is 0 Å². The van der Waals surface area contributed by atoms with Crippen molar-refractivity contribution in [2.45, 2.75) is 71.1 Å². The number of rotatable bonds is 12. The summed E-state index contributed by atoms with van der Waals surface area (Å²) >= 11 is 0. The predicted molar refractivity (Wildman–Crippen MR) is 94.8 cm³/mol. The smallest absolute Gasteiger partial charge is 0.303 e. The van der Waals surface area contributed by atoms with E-state index in [9.17, 15) is 14.4 Å². The monoisotopic (exact) mass is 334 g/mol. The highest BCUT2D eigenvalue weighted by molar-refractivity contribution is 5.90. The summed E-state index contributed by atoms with van der Waals surface area (Å²) in [5.74, 6) is -0.126. The lowest BCUT2D eigenvalue weighted by Crippen LogP contribution is -2.12. The quantitative estimate of drug-likeness (QED) is 0.324. The molecule has 0 aromatic rings. The van der Waals surface area contributed by atoms with Gasteiger partial charge in [0.1, 0.15) is 5.78 Å². The first kappa shape index (κ1) is 20.3. The molecule has 0 heterocycles. The lowest BCUT2D eigenvalue weighted by molar-refractivity contribution is -0.137. The van der Waals surface area contributed by atoms with Crippen molar-refractivity contribution in [3.05, 3.63) is 24.3 Å². The maximum Gasteiger partial charge on any atom is 0.303 e. The molecule has 1 aliphatic rings. The second kappa shape index (κ2) is 11.8. The molecule has 0 saturated heterocycles. The number of aliphatic carboxylic acids is 1. The van der Waals surface area contributed by atoms with Crippen LogP contribution >= 0.6 is 0 Å². The van der Waals surface area contributed by atoms with E-state index >= 15 is 0 Å². The number of allylic oxidation sites excluding steroid dienone is 4. The van der Waals surface area contributed by atoms with E-state index in [1.165, 1.54) is 0 Å². The van der Waals surface area contributed by atoms with Crippen LogP contribution in [0.25, 0.3) is 0 Å². The Morgan fingerprint density at radius 1 is 1.17 bits per heavy atom. The molecule has 24 heavy (non-hydrogen) atoms. The SMILES string of the molecule is CCCCC(=O)/C=C/C1CCC(=O)C1C/C=C/CCCCC(=O)O. The Morgan fingerprint density at radius 3 is 2.67 bits per heavy atom. The summed E-state index contributed by atoms with van der Waals surface area (Å²) in [7, 11) is 0. The zero-order chi connectivity index (χ0) is 17.8. The van der Waals surface area contributed by atoms with Gasteiger partial charge in [-0.05, 0) is 50.5 Å². The van der Waals surface area contributed by atoms with Crippen LogP contribution in [0.2, 0.25) is 0 Å². The molecule has 4 heteroatoms. The second-order valence-electron chi connectivity index (χ2n) is 6.55. The van der Waals surface area contributed by atoms with Crippen LogP contribution in [0.4, 0.5) is 0 Å². The fraction of sp³-hybridized carbons (Fsp3) is 0.650. The van der Waals surface area contributed by atoms with E-state index in [0.717, 1.165) is 38.5 Å². The fourth-order valence-corrected chi connectivity index (χ4v) is 3.04. The number of carbonyl (C=O) groups excluding carboxylic acids is 2. The minimum Gasteiger partial charge on any atom is -0.481 e. The minimum absolute atomic E-state index is 0.00417. The third-order valence-corrected chi connectivity index (χ3v) is 4.53. The highest BCUT2D eigenvalue weighted by Gasteiger charge is 2.31. The van der Waals surface area contributed by atoms with E-state index in [1.807, 2.05) is 18.2 Å². The van der Waals surface area contributed by atoms with Gasteiger partial charge in [0.2, 0.25) is 0 Å². The highest BCUT2D eigenvalue weighted by Crippen LogP contribution is 2.32. The number of carbonyl (C=O) groups is 3. The summed E-state index contributed by atoms with van der Waals surface area (Å²) in [5, 5.41) is 8.57. The zero-order valence-corrected chi connectivity index (χ0v) is 14.7. The first-order chi connectivity index (χ1) is 11.5. The van der Waals surface area contributed by atoms with E-state index in [0.29, 0.717) is 25.0 Å². The van der Waals surface area contributed by atoms with E-state index in [2.05, 4.69) is 6.92 Å².